The van der Waals surface area contributed by atoms with E-state index in [0.29, 0.717) is 10.7 Å². The monoisotopic (exact) mass is 387 g/mol. The van der Waals surface area contributed by atoms with Crippen LogP contribution in [0.1, 0.15) is 26.3 Å². The molecule has 1 amide bonds. The van der Waals surface area contributed by atoms with Gasteiger partial charge in [-0.15, -0.1) is 5.10 Å². The summed E-state index contributed by atoms with van der Waals surface area (Å²) in [4.78, 5) is 16.3. The third kappa shape index (κ3) is 4.75. The molecule has 0 spiro atoms. The second-order valence-electron chi connectivity index (χ2n) is 7.12. The van der Waals surface area contributed by atoms with Gasteiger partial charge in [0.25, 0.3) is 5.95 Å². The zero-order valence-electron chi connectivity index (χ0n) is 15.7. The van der Waals surface area contributed by atoms with Crippen LogP contribution in [0.25, 0.3) is 16.9 Å². The van der Waals surface area contributed by atoms with E-state index in [1.54, 1.807) is 31.4 Å². The van der Waals surface area contributed by atoms with Crippen LogP contribution in [0.3, 0.4) is 0 Å². The van der Waals surface area contributed by atoms with E-state index in [1.807, 2.05) is 31.3 Å². The van der Waals surface area contributed by atoms with Gasteiger partial charge in [-0.1, -0.05) is 29.8 Å². The maximum Gasteiger partial charge on any atom is 0.414 e. The Morgan fingerprint density at radius 2 is 2.04 bits per heavy atom. The molecule has 1 aromatic carbocycles. The number of carbonyl (C=O) groups excluding carboxylic acids is 1. The molecule has 2 N–H and O–H groups in total. The molecule has 0 saturated carbocycles. The van der Waals surface area contributed by atoms with Gasteiger partial charge in [0, 0.05) is 23.2 Å². The van der Waals surface area contributed by atoms with Gasteiger partial charge in [-0.3, -0.25) is 5.32 Å². The topological polar surface area (TPSA) is 80.5 Å². The van der Waals surface area contributed by atoms with Gasteiger partial charge in [0.05, 0.1) is 5.69 Å². The summed E-state index contributed by atoms with van der Waals surface area (Å²) in [5.41, 5.74) is 2.79. The highest BCUT2D eigenvalue weighted by atomic mass is 35.5. The fourth-order valence-corrected chi connectivity index (χ4v) is 2.85. The Kier molecular flexibility index (Phi) is 5.34. The highest BCUT2D eigenvalue weighted by molar-refractivity contribution is 6.31. The number of nitrogens with zero attached hydrogens (tertiary/aromatic N) is 3. The normalized spacial score (nSPS) is 11.6. The standard InChI is InChI=1S/C19H22ClN5O2/c1-19(2,3)27-18(26)23-17-22-16-10-14(20)9-15(25(16)24-17)13-7-5-6-12(8-13)11-21-4/h5-10,21H,11H2,1-4H3,(H,23,24,26). The van der Waals surface area contributed by atoms with Gasteiger partial charge >= 0.3 is 6.09 Å². The van der Waals surface area contributed by atoms with Gasteiger partial charge in [0.2, 0.25) is 0 Å². The van der Waals surface area contributed by atoms with Crippen molar-refractivity contribution in [3.05, 3.63) is 47.0 Å². The Labute approximate surface area is 162 Å². The Morgan fingerprint density at radius 1 is 1.26 bits per heavy atom. The first-order chi connectivity index (χ1) is 12.7. The minimum absolute atomic E-state index is 0.152. The lowest BCUT2D eigenvalue weighted by molar-refractivity contribution is 0.0634. The quantitative estimate of drug-likeness (QED) is 0.703. The predicted molar refractivity (Wildman–Crippen MR) is 106 cm³/mol. The van der Waals surface area contributed by atoms with Crippen molar-refractivity contribution in [2.45, 2.75) is 32.9 Å². The minimum Gasteiger partial charge on any atom is -0.444 e. The summed E-state index contributed by atoms with van der Waals surface area (Å²) in [5, 5.41) is 10.6. The molecular formula is C19H22ClN5O2. The molecule has 0 unspecified atom stereocenters. The number of pyridine rings is 1. The number of aromatic nitrogens is 3. The lowest BCUT2D eigenvalue weighted by Gasteiger charge is -2.18. The van der Waals surface area contributed by atoms with Crippen LogP contribution < -0.4 is 10.6 Å². The first kappa shape index (κ1) is 19.1. The number of ether oxygens (including phenoxy) is 1. The van der Waals surface area contributed by atoms with Crippen molar-refractivity contribution in [1.82, 2.24) is 19.9 Å². The van der Waals surface area contributed by atoms with Gasteiger partial charge in [-0.05, 0) is 45.5 Å². The van der Waals surface area contributed by atoms with Gasteiger partial charge < -0.3 is 10.1 Å². The van der Waals surface area contributed by atoms with Crippen molar-refractivity contribution in [2.75, 3.05) is 12.4 Å². The van der Waals surface area contributed by atoms with Crippen molar-refractivity contribution < 1.29 is 9.53 Å². The summed E-state index contributed by atoms with van der Waals surface area (Å²) in [7, 11) is 1.90. The van der Waals surface area contributed by atoms with Crippen LogP contribution in [0.15, 0.2) is 36.4 Å². The zero-order chi connectivity index (χ0) is 19.6. The van der Waals surface area contributed by atoms with E-state index >= 15 is 0 Å². The number of rotatable bonds is 4. The highest BCUT2D eigenvalue weighted by Crippen LogP contribution is 2.26. The van der Waals surface area contributed by atoms with Crippen LogP contribution in [0.2, 0.25) is 5.02 Å². The van der Waals surface area contributed by atoms with Crippen LogP contribution in [0.5, 0.6) is 0 Å². The number of carbonyl (C=O) groups is 1. The third-order valence-electron chi connectivity index (χ3n) is 3.62. The predicted octanol–water partition coefficient (Wildman–Crippen LogP) is 4.12. The third-order valence-corrected chi connectivity index (χ3v) is 3.84. The molecule has 8 heteroatoms. The number of benzene rings is 1. The van der Waals surface area contributed by atoms with Gasteiger partial charge in [0.15, 0.2) is 5.65 Å². The summed E-state index contributed by atoms with van der Waals surface area (Å²) in [5.74, 6) is 0.152. The Balaban J connectivity index is 1.98. The van der Waals surface area contributed by atoms with E-state index in [1.165, 1.54) is 0 Å². The van der Waals surface area contributed by atoms with Crippen molar-refractivity contribution in [1.29, 1.82) is 0 Å². The number of hydrogen-bond acceptors (Lipinski definition) is 5. The smallest absolute Gasteiger partial charge is 0.414 e. The Morgan fingerprint density at radius 3 is 2.74 bits per heavy atom. The van der Waals surface area contributed by atoms with Crippen LogP contribution in [-0.2, 0) is 11.3 Å². The largest absolute Gasteiger partial charge is 0.444 e. The number of halogens is 1. The molecule has 0 bridgehead atoms. The molecule has 27 heavy (non-hydrogen) atoms. The van der Waals surface area contributed by atoms with Gasteiger partial charge in [-0.2, -0.15) is 4.98 Å². The van der Waals surface area contributed by atoms with Crippen LogP contribution in [0.4, 0.5) is 10.7 Å². The summed E-state index contributed by atoms with van der Waals surface area (Å²) in [6, 6.07) is 11.6. The van der Waals surface area contributed by atoms with Crippen molar-refractivity contribution in [3.63, 3.8) is 0 Å². The molecule has 0 fully saturated rings. The molecule has 3 rings (SSSR count). The van der Waals surface area contributed by atoms with Gasteiger partial charge in [0.1, 0.15) is 5.60 Å². The van der Waals surface area contributed by atoms with E-state index in [0.717, 1.165) is 23.4 Å². The summed E-state index contributed by atoms with van der Waals surface area (Å²) >= 11 is 6.27. The highest BCUT2D eigenvalue weighted by Gasteiger charge is 2.18. The minimum atomic E-state index is -0.609. The lowest BCUT2D eigenvalue weighted by atomic mass is 10.1. The molecule has 0 radical (unpaired) electrons. The van der Waals surface area contributed by atoms with E-state index in [2.05, 4.69) is 26.8 Å². The maximum absolute atomic E-state index is 12.0. The second kappa shape index (κ2) is 7.54. The molecule has 2 heterocycles. The molecule has 0 atom stereocenters. The molecule has 3 aromatic rings. The van der Waals surface area contributed by atoms with Gasteiger partial charge in [-0.25, -0.2) is 9.31 Å². The first-order valence-electron chi connectivity index (χ1n) is 8.55. The summed E-state index contributed by atoms with van der Waals surface area (Å²) < 4.78 is 6.90. The number of amides is 1. The van der Waals surface area contributed by atoms with E-state index in [4.69, 9.17) is 16.3 Å². The molecule has 7 nitrogen and oxygen atoms in total. The van der Waals surface area contributed by atoms with Crippen LogP contribution in [0, 0.1) is 0 Å². The van der Waals surface area contributed by atoms with Crippen LogP contribution >= 0.6 is 11.6 Å². The summed E-state index contributed by atoms with van der Waals surface area (Å²) in [6.45, 7) is 6.12. The fourth-order valence-electron chi connectivity index (χ4n) is 2.65. The second-order valence-corrected chi connectivity index (χ2v) is 7.56. The Hall–Kier alpha value is -2.64. The van der Waals surface area contributed by atoms with E-state index in [-0.39, 0.29) is 5.95 Å². The van der Waals surface area contributed by atoms with E-state index in [9.17, 15) is 4.79 Å². The molecular weight excluding hydrogens is 366 g/mol. The number of anilines is 1. The molecule has 0 aliphatic carbocycles. The lowest BCUT2D eigenvalue weighted by Crippen LogP contribution is -2.27. The van der Waals surface area contributed by atoms with E-state index < -0.39 is 11.7 Å². The maximum atomic E-state index is 12.0. The SMILES string of the molecule is CNCc1cccc(-c2cc(Cl)cc3nc(NC(=O)OC(C)(C)C)nn23)c1. The molecule has 0 aliphatic heterocycles. The van der Waals surface area contributed by atoms with Crippen molar-refractivity contribution in [2.24, 2.45) is 0 Å². The van der Waals surface area contributed by atoms with Crippen LogP contribution in [-0.4, -0.2) is 33.3 Å². The molecule has 142 valence electrons. The average Bonchev–Trinajstić information content (AvgIpc) is 2.94. The number of fused-ring (bicyclic) bond motifs is 1. The number of nitrogens with one attached hydrogen (secondary N) is 2. The zero-order valence-corrected chi connectivity index (χ0v) is 16.5. The Bertz CT molecular complexity index is 978. The average molecular weight is 388 g/mol. The molecule has 0 aliphatic rings. The molecule has 2 aromatic heterocycles. The van der Waals surface area contributed by atoms with Crippen molar-refractivity contribution in [3.8, 4) is 11.3 Å². The fraction of sp³-hybridized carbons (Fsp3) is 0.316. The molecule has 0 saturated heterocycles. The van der Waals surface area contributed by atoms with Crippen molar-refractivity contribution >= 4 is 29.3 Å². The summed E-state index contributed by atoms with van der Waals surface area (Å²) in [6.07, 6.45) is -0.609. The number of hydrogen-bond donors (Lipinski definition) is 2. The first-order valence-corrected chi connectivity index (χ1v) is 8.93.